The molecule has 4 aromatic rings. The number of carbonyl (C=O) groups is 1. The summed E-state index contributed by atoms with van der Waals surface area (Å²) in [6.07, 6.45) is -12.2. The van der Waals surface area contributed by atoms with Crippen molar-refractivity contribution in [2.24, 2.45) is 0 Å². The highest BCUT2D eigenvalue weighted by Crippen LogP contribution is 2.46. The van der Waals surface area contributed by atoms with Crippen LogP contribution in [-0.4, -0.2) is 50.3 Å². The number of nitrogens with one attached hydrogen (secondary N) is 1. The van der Waals surface area contributed by atoms with Gasteiger partial charge in [0.1, 0.15) is 17.4 Å². The van der Waals surface area contributed by atoms with Crippen LogP contribution < -0.4 is 10.1 Å². The van der Waals surface area contributed by atoms with E-state index in [4.69, 9.17) is 18.6 Å². The quantitative estimate of drug-likeness (QED) is 0.0753. The molecule has 10 nitrogen and oxygen atoms in total. The van der Waals surface area contributed by atoms with Crippen LogP contribution >= 0.6 is 0 Å². The SMILES string of the molecule is C=CCC(OCc1ccccc1)[C@@H](C)Oc1nc(-c2nnc([C@@](CC=C)(OCc3ccccc3)C(F)(F)F)o2)c(CC(C)(C)NC(=O)O)cc1C(F)(F)F. The molecule has 3 atom stereocenters. The number of alkyl halides is 6. The summed E-state index contributed by atoms with van der Waals surface area (Å²) in [7, 11) is 0. The molecule has 0 aliphatic heterocycles. The molecule has 4 rings (SSSR count). The first-order chi connectivity index (χ1) is 25.4. The Morgan fingerprint density at radius 1 is 0.944 bits per heavy atom. The van der Waals surface area contributed by atoms with E-state index >= 15 is 0 Å². The van der Waals surface area contributed by atoms with Crippen LogP contribution in [0.5, 0.6) is 5.88 Å². The monoisotopic (exact) mass is 762 g/mol. The average molecular weight is 763 g/mol. The number of aromatic nitrogens is 3. The number of nitrogens with zero attached hydrogens (tertiary/aromatic N) is 3. The smallest absolute Gasteiger partial charge is 0.426 e. The summed E-state index contributed by atoms with van der Waals surface area (Å²) in [6.45, 7) is 11.0. The Balaban J connectivity index is 1.84. The summed E-state index contributed by atoms with van der Waals surface area (Å²) in [5.74, 6) is -2.72. The second-order valence-electron chi connectivity index (χ2n) is 13.0. The van der Waals surface area contributed by atoms with Gasteiger partial charge < -0.3 is 29.1 Å². The fraction of sp³-hybridized carbons (Fsp3) is 0.368. The Kier molecular flexibility index (Phi) is 13.3. The van der Waals surface area contributed by atoms with Crippen LogP contribution in [0.15, 0.2) is 96.5 Å². The molecular weight excluding hydrogens is 722 g/mol. The van der Waals surface area contributed by atoms with E-state index in [2.05, 4.69) is 33.7 Å². The molecule has 0 radical (unpaired) electrons. The summed E-state index contributed by atoms with van der Waals surface area (Å²) in [5, 5.41) is 19.1. The van der Waals surface area contributed by atoms with Crippen LogP contribution in [0, 0.1) is 0 Å². The molecule has 0 bridgehead atoms. The second kappa shape index (κ2) is 17.3. The molecule has 2 heterocycles. The largest absolute Gasteiger partial charge is 0.471 e. The highest BCUT2D eigenvalue weighted by atomic mass is 19.4. The predicted octanol–water partition coefficient (Wildman–Crippen LogP) is 9.22. The molecule has 54 heavy (non-hydrogen) atoms. The van der Waals surface area contributed by atoms with Crippen LogP contribution in [0.25, 0.3) is 11.6 Å². The van der Waals surface area contributed by atoms with Crippen molar-refractivity contribution in [1.29, 1.82) is 0 Å². The van der Waals surface area contributed by atoms with Gasteiger partial charge in [-0.1, -0.05) is 72.8 Å². The van der Waals surface area contributed by atoms with Gasteiger partial charge in [0.15, 0.2) is 0 Å². The van der Waals surface area contributed by atoms with E-state index in [0.717, 1.165) is 11.6 Å². The Morgan fingerprint density at radius 3 is 2.09 bits per heavy atom. The standard InChI is InChI=1S/C38H40F6N4O6/c1-6-14-29(51-22-25-15-10-8-11-16-25)24(3)53-31-28(37(39,40)41)20-27(21-35(4,5)46-34(49)50)30(45-31)32-47-48-33(54-32)36(19-7-2,38(42,43)44)52-23-26-17-12-9-13-18-26/h6-13,15-18,20,24,29,46H,1-2,14,19,21-23H2,3-5H3,(H,49,50)/t24-,29?,36-/m1/s1. The van der Waals surface area contributed by atoms with Gasteiger partial charge in [-0.05, 0) is 56.4 Å². The van der Waals surface area contributed by atoms with Crippen molar-refractivity contribution in [1.82, 2.24) is 20.5 Å². The van der Waals surface area contributed by atoms with Crippen LogP contribution in [0.4, 0.5) is 31.1 Å². The summed E-state index contributed by atoms with van der Waals surface area (Å²) in [4.78, 5) is 15.7. The molecule has 2 aromatic carbocycles. The predicted molar refractivity (Wildman–Crippen MR) is 185 cm³/mol. The van der Waals surface area contributed by atoms with E-state index in [1.54, 1.807) is 54.6 Å². The van der Waals surface area contributed by atoms with Crippen molar-refractivity contribution >= 4 is 6.09 Å². The summed E-state index contributed by atoms with van der Waals surface area (Å²) in [6, 6.07) is 17.7. The van der Waals surface area contributed by atoms with Crippen molar-refractivity contribution < 1.29 is 54.9 Å². The van der Waals surface area contributed by atoms with Gasteiger partial charge in [-0.25, -0.2) is 9.78 Å². The lowest BCUT2D eigenvalue weighted by Crippen LogP contribution is -2.45. The van der Waals surface area contributed by atoms with Crippen LogP contribution in [0.1, 0.15) is 61.8 Å². The molecule has 0 saturated heterocycles. The zero-order valence-corrected chi connectivity index (χ0v) is 29.7. The molecule has 0 aliphatic carbocycles. The maximum atomic E-state index is 14.9. The van der Waals surface area contributed by atoms with Gasteiger partial charge in [0.25, 0.3) is 11.8 Å². The zero-order valence-electron chi connectivity index (χ0n) is 29.7. The lowest BCUT2D eigenvalue weighted by Gasteiger charge is -2.31. The van der Waals surface area contributed by atoms with Crippen molar-refractivity contribution in [2.45, 2.75) is 88.9 Å². The van der Waals surface area contributed by atoms with Gasteiger partial charge in [0.05, 0.1) is 19.3 Å². The lowest BCUT2D eigenvalue weighted by atomic mass is 9.93. The molecule has 2 aromatic heterocycles. The Labute approximate surface area is 307 Å². The van der Waals surface area contributed by atoms with Gasteiger partial charge in [-0.3, -0.25) is 0 Å². The minimum Gasteiger partial charge on any atom is -0.471 e. The number of rotatable bonds is 18. The molecule has 0 saturated carbocycles. The van der Waals surface area contributed by atoms with E-state index in [1.165, 1.54) is 26.8 Å². The third kappa shape index (κ3) is 10.5. The number of pyridine rings is 1. The topological polar surface area (TPSA) is 129 Å². The Morgan fingerprint density at radius 2 is 1.56 bits per heavy atom. The van der Waals surface area contributed by atoms with Crippen molar-refractivity contribution in [2.75, 3.05) is 0 Å². The number of carboxylic acid groups (broad SMARTS) is 1. The highest BCUT2D eigenvalue weighted by molar-refractivity contribution is 5.66. The van der Waals surface area contributed by atoms with E-state index in [0.29, 0.717) is 11.6 Å². The fourth-order valence-electron chi connectivity index (χ4n) is 5.54. The first kappa shape index (κ1) is 41.5. The van der Waals surface area contributed by atoms with E-state index in [9.17, 15) is 36.2 Å². The number of halogens is 6. The van der Waals surface area contributed by atoms with Gasteiger partial charge in [-0.15, -0.1) is 23.4 Å². The average Bonchev–Trinajstić information content (AvgIpc) is 3.58. The third-order valence-corrected chi connectivity index (χ3v) is 8.17. The Hall–Kier alpha value is -5.22. The van der Waals surface area contributed by atoms with E-state index in [1.807, 2.05) is 6.07 Å². The van der Waals surface area contributed by atoms with Gasteiger partial charge >= 0.3 is 18.4 Å². The van der Waals surface area contributed by atoms with Crippen molar-refractivity contribution in [3.8, 4) is 17.5 Å². The van der Waals surface area contributed by atoms with Crippen LogP contribution in [0.2, 0.25) is 0 Å². The fourth-order valence-corrected chi connectivity index (χ4v) is 5.54. The molecule has 290 valence electrons. The molecule has 2 N–H and O–H groups in total. The minimum atomic E-state index is -5.15. The molecule has 0 fully saturated rings. The first-order valence-electron chi connectivity index (χ1n) is 16.6. The van der Waals surface area contributed by atoms with Crippen LogP contribution in [-0.2, 0) is 40.9 Å². The molecule has 1 amide bonds. The number of amides is 1. The number of ether oxygens (including phenoxy) is 3. The molecule has 0 aliphatic rings. The second-order valence-corrected chi connectivity index (χ2v) is 13.0. The maximum Gasteiger partial charge on any atom is 0.426 e. The van der Waals surface area contributed by atoms with Crippen molar-refractivity contribution in [3.63, 3.8) is 0 Å². The van der Waals surface area contributed by atoms with Crippen molar-refractivity contribution in [3.05, 3.63) is 120 Å². The maximum absolute atomic E-state index is 14.9. The molecular formula is C38H40F6N4O6. The number of hydrogen-bond acceptors (Lipinski definition) is 8. The van der Waals surface area contributed by atoms with Crippen LogP contribution in [0.3, 0.4) is 0 Å². The number of benzene rings is 2. The zero-order chi connectivity index (χ0) is 39.7. The third-order valence-electron chi connectivity index (χ3n) is 8.17. The van der Waals surface area contributed by atoms with E-state index < -0.39 is 90.2 Å². The minimum absolute atomic E-state index is 0.102. The summed E-state index contributed by atoms with van der Waals surface area (Å²) >= 11 is 0. The summed E-state index contributed by atoms with van der Waals surface area (Å²) in [5.41, 5.74) is -5.55. The van der Waals surface area contributed by atoms with Gasteiger partial charge in [0, 0.05) is 12.0 Å². The normalized spacial score (nSPS) is 14.5. The highest BCUT2D eigenvalue weighted by Gasteiger charge is 2.61. The first-order valence-corrected chi connectivity index (χ1v) is 16.6. The molecule has 1 unspecified atom stereocenters. The van der Waals surface area contributed by atoms with E-state index in [-0.39, 0.29) is 18.6 Å². The molecule has 0 spiro atoms. The molecule has 16 heteroatoms. The van der Waals surface area contributed by atoms with Gasteiger partial charge in [0.2, 0.25) is 11.5 Å². The van der Waals surface area contributed by atoms with Gasteiger partial charge in [-0.2, -0.15) is 26.3 Å². The number of hydrogen-bond donors (Lipinski definition) is 2. The summed E-state index contributed by atoms with van der Waals surface area (Å²) < 4.78 is 112. The lowest BCUT2D eigenvalue weighted by molar-refractivity contribution is -0.295. The Bertz CT molecular complexity index is 1870.